The number of fused-ring (bicyclic) bond motifs is 1. The highest BCUT2D eigenvalue weighted by atomic mass is 16.5. The van der Waals surface area contributed by atoms with E-state index in [4.69, 9.17) is 10.5 Å². The maximum Gasteiger partial charge on any atom is 0.257 e. The van der Waals surface area contributed by atoms with E-state index in [1.165, 1.54) is 6.20 Å². The van der Waals surface area contributed by atoms with Crippen LogP contribution in [-0.4, -0.2) is 60.0 Å². The van der Waals surface area contributed by atoms with E-state index < -0.39 is 5.91 Å². The quantitative estimate of drug-likeness (QED) is 0.449. The summed E-state index contributed by atoms with van der Waals surface area (Å²) in [6.45, 7) is 7.13. The van der Waals surface area contributed by atoms with Crippen LogP contribution in [0.3, 0.4) is 0 Å². The van der Waals surface area contributed by atoms with Gasteiger partial charge in [-0.3, -0.25) is 14.6 Å². The number of ether oxygens (including phenoxy) is 1. The number of carbonyl (C=O) groups is 1. The molecule has 1 saturated heterocycles. The molecule has 4 heterocycles. The number of pyridine rings is 2. The number of morpholine rings is 1. The van der Waals surface area contributed by atoms with Crippen molar-refractivity contribution in [1.82, 2.24) is 20.2 Å². The van der Waals surface area contributed by atoms with E-state index in [1.807, 2.05) is 43.1 Å². The van der Waals surface area contributed by atoms with E-state index in [2.05, 4.69) is 37.3 Å². The number of amidine groups is 1. The number of aliphatic imine (C=N–C) groups is 1. The number of carbonyl (C=O) groups excluding carboxylic acids is 1. The van der Waals surface area contributed by atoms with Crippen LogP contribution >= 0.6 is 0 Å². The number of nitrogens with zero attached hydrogens (tertiary/aromatic N) is 4. The van der Waals surface area contributed by atoms with Crippen molar-refractivity contribution in [2.45, 2.75) is 26.4 Å². The Morgan fingerprint density at radius 3 is 2.77 bits per heavy atom. The number of nitrogens with two attached hydrogens (primary N) is 1. The molecule has 0 radical (unpaired) electrons. The topological polar surface area (TPSA) is 129 Å². The Morgan fingerprint density at radius 1 is 1.26 bits per heavy atom. The molecular formula is C29H33N7O3. The van der Waals surface area contributed by atoms with Crippen LogP contribution in [0.15, 0.2) is 70.4 Å². The number of amides is 1. The molecule has 39 heavy (non-hydrogen) atoms. The molecule has 2 aliphatic heterocycles. The smallest absolute Gasteiger partial charge is 0.257 e. The van der Waals surface area contributed by atoms with Gasteiger partial charge in [0.25, 0.3) is 5.91 Å². The normalized spacial score (nSPS) is 17.5. The fourth-order valence-corrected chi connectivity index (χ4v) is 4.77. The number of anilines is 1. The number of aromatic nitrogens is 2. The molecule has 1 atom stereocenters. The molecule has 2 aromatic heterocycles. The average Bonchev–Trinajstić information content (AvgIpc) is 2.95. The zero-order valence-corrected chi connectivity index (χ0v) is 22.4. The molecule has 1 amide bonds. The number of hydrogen-bond acceptors (Lipinski definition) is 8. The minimum Gasteiger partial charge on any atom is -0.402 e. The van der Waals surface area contributed by atoms with Gasteiger partial charge in [-0.05, 0) is 43.7 Å². The zero-order chi connectivity index (χ0) is 27.5. The number of likely N-dealkylation sites (N-methyl/N-ethyl adjacent to an activating group) is 1. The van der Waals surface area contributed by atoms with Crippen molar-refractivity contribution >= 4 is 23.2 Å². The third-order valence-corrected chi connectivity index (χ3v) is 7.08. The summed E-state index contributed by atoms with van der Waals surface area (Å²) in [4.78, 5) is 42.5. The van der Waals surface area contributed by atoms with Gasteiger partial charge in [-0.2, -0.15) is 0 Å². The molecule has 5 rings (SSSR count). The number of hydrogen-bond donors (Lipinski definition) is 3. The lowest BCUT2D eigenvalue weighted by molar-refractivity contribution is 0.0949. The summed E-state index contributed by atoms with van der Waals surface area (Å²) in [5, 5.41) is 2.84. The van der Waals surface area contributed by atoms with E-state index in [-0.39, 0.29) is 23.6 Å². The fourth-order valence-electron chi connectivity index (χ4n) is 4.77. The third-order valence-electron chi connectivity index (χ3n) is 7.08. The number of H-pyrrole nitrogens is 1. The largest absolute Gasteiger partial charge is 0.402 e. The first kappa shape index (κ1) is 26.2. The molecule has 1 aromatic carbocycles. The molecule has 10 nitrogen and oxygen atoms in total. The lowest BCUT2D eigenvalue weighted by Crippen LogP contribution is -2.37. The van der Waals surface area contributed by atoms with Gasteiger partial charge in [-0.15, -0.1) is 0 Å². The summed E-state index contributed by atoms with van der Waals surface area (Å²) in [6, 6.07) is 11.9. The summed E-state index contributed by atoms with van der Waals surface area (Å²) in [5.41, 5.74) is 10.4. The summed E-state index contributed by atoms with van der Waals surface area (Å²) in [6.07, 6.45) is 4.91. The van der Waals surface area contributed by atoms with Crippen molar-refractivity contribution < 1.29 is 9.53 Å². The Hall–Kier alpha value is -4.44. The van der Waals surface area contributed by atoms with E-state index in [1.54, 1.807) is 19.2 Å². The maximum atomic E-state index is 13.3. The van der Waals surface area contributed by atoms with Crippen molar-refractivity contribution in [3.05, 3.63) is 87.5 Å². The van der Waals surface area contributed by atoms with Crippen molar-refractivity contribution in [1.29, 1.82) is 0 Å². The summed E-state index contributed by atoms with van der Waals surface area (Å²) in [5.74, 6) is 0.627. The number of nitrogens with one attached hydrogen (secondary N) is 2. The molecule has 10 heteroatoms. The molecular weight excluding hydrogens is 494 g/mol. The second kappa shape index (κ2) is 11.1. The molecule has 0 spiro atoms. The Morgan fingerprint density at radius 2 is 2.05 bits per heavy atom. The third kappa shape index (κ3) is 5.56. The Bertz CT molecular complexity index is 1480. The molecule has 2 aliphatic rings. The summed E-state index contributed by atoms with van der Waals surface area (Å²) < 4.78 is 5.46. The van der Waals surface area contributed by atoms with Gasteiger partial charge < -0.3 is 30.6 Å². The number of rotatable bonds is 6. The lowest BCUT2D eigenvalue weighted by Gasteiger charge is -2.31. The predicted octanol–water partition coefficient (Wildman–Crippen LogP) is 3.10. The van der Waals surface area contributed by atoms with E-state index in [9.17, 15) is 9.59 Å². The highest BCUT2D eigenvalue weighted by Crippen LogP contribution is 2.30. The van der Waals surface area contributed by atoms with E-state index in [0.717, 1.165) is 48.8 Å². The van der Waals surface area contributed by atoms with Crippen molar-refractivity contribution in [2.24, 2.45) is 10.7 Å². The first-order chi connectivity index (χ1) is 18.8. The van der Waals surface area contributed by atoms with Gasteiger partial charge in [-0.1, -0.05) is 18.2 Å². The van der Waals surface area contributed by atoms with Gasteiger partial charge in [0, 0.05) is 56.0 Å². The number of allylic oxidation sites excluding steroid dienone is 1. The first-order valence-electron chi connectivity index (χ1n) is 13.0. The minimum atomic E-state index is -0.455. The Labute approximate surface area is 227 Å². The highest BCUT2D eigenvalue weighted by molar-refractivity contribution is 5.98. The summed E-state index contributed by atoms with van der Waals surface area (Å²) in [7, 11) is 1.84. The maximum absolute atomic E-state index is 13.3. The molecule has 3 aromatic rings. The number of aromatic amines is 1. The van der Waals surface area contributed by atoms with Crippen LogP contribution < -0.4 is 21.4 Å². The van der Waals surface area contributed by atoms with Crippen molar-refractivity contribution in [2.75, 3.05) is 38.3 Å². The molecule has 1 fully saturated rings. The molecule has 1 unspecified atom stereocenters. The minimum absolute atomic E-state index is 0.0442. The predicted molar refractivity (Wildman–Crippen MR) is 152 cm³/mol. The lowest BCUT2D eigenvalue weighted by atomic mass is 10.0. The first-order valence-corrected chi connectivity index (χ1v) is 13.0. The highest BCUT2D eigenvalue weighted by Gasteiger charge is 2.28. The van der Waals surface area contributed by atoms with Gasteiger partial charge in [0.05, 0.1) is 30.5 Å². The van der Waals surface area contributed by atoms with Gasteiger partial charge in [0.15, 0.2) is 0 Å². The van der Waals surface area contributed by atoms with E-state index >= 15 is 0 Å². The van der Waals surface area contributed by atoms with Gasteiger partial charge >= 0.3 is 0 Å². The van der Waals surface area contributed by atoms with Crippen LogP contribution in [0.1, 0.15) is 41.4 Å². The Balaban J connectivity index is 1.28. The average molecular weight is 528 g/mol. The van der Waals surface area contributed by atoms with E-state index in [0.29, 0.717) is 22.9 Å². The molecule has 202 valence electrons. The number of benzene rings is 1. The van der Waals surface area contributed by atoms with Crippen molar-refractivity contribution in [3.8, 4) is 11.3 Å². The molecule has 0 aliphatic carbocycles. The Kier molecular flexibility index (Phi) is 7.47. The van der Waals surface area contributed by atoms with Gasteiger partial charge in [0.1, 0.15) is 17.2 Å². The van der Waals surface area contributed by atoms with Crippen LogP contribution in [0, 0.1) is 0 Å². The fraction of sp³-hybridized carbons (Fsp3) is 0.310. The second-order valence-electron chi connectivity index (χ2n) is 9.82. The summed E-state index contributed by atoms with van der Waals surface area (Å²) >= 11 is 0. The van der Waals surface area contributed by atoms with Crippen LogP contribution in [-0.2, 0) is 11.3 Å². The van der Waals surface area contributed by atoms with Crippen molar-refractivity contribution in [3.63, 3.8) is 0 Å². The molecule has 0 saturated carbocycles. The molecule has 0 bridgehead atoms. The monoisotopic (exact) mass is 527 g/mol. The van der Waals surface area contributed by atoms with Crippen LogP contribution in [0.4, 0.5) is 11.5 Å². The molecule has 4 N–H and O–H groups in total. The second-order valence-corrected chi connectivity index (χ2v) is 9.82. The van der Waals surface area contributed by atoms with Gasteiger partial charge in [-0.25, -0.2) is 4.99 Å². The van der Waals surface area contributed by atoms with Crippen LogP contribution in [0.5, 0.6) is 0 Å². The standard InChI is InChI=1S/C29H33N7O3/c1-18(30)13-25-34-28-26(19(2)35(25)3)27(37)23(17-32-28)29(38)33-16-20-7-8-24(31-15-20)21-5-4-6-22(14-21)36-9-11-39-12-10-36/h4-8,13-15,17,19H,9-12,16,30H2,1-3H3,(H,32,37)(H,33,38)/b18-13-. The zero-order valence-electron chi connectivity index (χ0n) is 22.4. The van der Waals surface area contributed by atoms with Gasteiger partial charge in [0.2, 0.25) is 5.43 Å². The van der Waals surface area contributed by atoms with Crippen LogP contribution in [0.2, 0.25) is 0 Å². The SMILES string of the molecule is C/C(N)=C/C1=Nc2[nH]cc(C(=O)NCc3ccc(-c4cccc(N5CCOCC5)c4)nc3)c(=O)c2C(C)N1C. The van der Waals surface area contributed by atoms with Crippen LogP contribution in [0.25, 0.3) is 11.3 Å².